The molecule has 0 saturated carbocycles. The molecule has 1 aromatic carbocycles. The minimum atomic E-state index is -3.90. The quantitative estimate of drug-likeness (QED) is 0.609. The summed E-state index contributed by atoms with van der Waals surface area (Å²) >= 11 is 3.21. The van der Waals surface area contributed by atoms with Crippen LogP contribution in [0.5, 0.6) is 0 Å². The van der Waals surface area contributed by atoms with Crippen LogP contribution < -0.4 is 0 Å². The molecule has 0 aliphatic carbocycles. The van der Waals surface area contributed by atoms with Crippen molar-refractivity contribution in [2.75, 3.05) is 49.3 Å². The highest BCUT2D eigenvalue weighted by Crippen LogP contribution is 2.31. The van der Waals surface area contributed by atoms with Gasteiger partial charge in [0.25, 0.3) is 0 Å². The van der Waals surface area contributed by atoms with Crippen molar-refractivity contribution in [3.63, 3.8) is 0 Å². The predicted molar refractivity (Wildman–Crippen MR) is 118 cm³/mol. The average molecular weight is 492 g/mol. The molecule has 4 rings (SSSR count). The number of thioether (sulfide) groups is 2. The van der Waals surface area contributed by atoms with E-state index in [0.29, 0.717) is 31.9 Å². The van der Waals surface area contributed by atoms with Gasteiger partial charge in [-0.25, -0.2) is 16.8 Å². The van der Waals surface area contributed by atoms with E-state index in [-0.39, 0.29) is 21.6 Å². The molecule has 8 nitrogen and oxygen atoms in total. The van der Waals surface area contributed by atoms with Gasteiger partial charge in [-0.2, -0.15) is 20.4 Å². The first-order valence-electron chi connectivity index (χ1n) is 9.88. The molecule has 12 heteroatoms. The van der Waals surface area contributed by atoms with Gasteiger partial charge in [0.2, 0.25) is 26.0 Å². The van der Waals surface area contributed by atoms with Crippen molar-refractivity contribution in [1.82, 2.24) is 13.5 Å². The van der Waals surface area contributed by atoms with Gasteiger partial charge in [-0.3, -0.25) is 4.79 Å². The highest BCUT2D eigenvalue weighted by atomic mass is 32.2. The van der Waals surface area contributed by atoms with Gasteiger partial charge in [0, 0.05) is 43.4 Å². The van der Waals surface area contributed by atoms with Gasteiger partial charge in [0.1, 0.15) is 6.04 Å². The monoisotopic (exact) mass is 491 g/mol. The van der Waals surface area contributed by atoms with Crippen molar-refractivity contribution in [2.45, 2.75) is 28.7 Å². The van der Waals surface area contributed by atoms with Crippen molar-refractivity contribution in [3.8, 4) is 0 Å². The van der Waals surface area contributed by atoms with Crippen LogP contribution in [0.2, 0.25) is 0 Å². The summed E-state index contributed by atoms with van der Waals surface area (Å²) in [5.41, 5.74) is 0. The van der Waals surface area contributed by atoms with E-state index >= 15 is 0 Å². The van der Waals surface area contributed by atoms with Crippen LogP contribution in [0.4, 0.5) is 0 Å². The molecule has 3 fully saturated rings. The van der Waals surface area contributed by atoms with Crippen LogP contribution in [-0.4, -0.2) is 91.6 Å². The fourth-order valence-corrected chi connectivity index (χ4v) is 9.40. The fraction of sp³-hybridized carbons (Fsp3) is 0.611. The number of benzene rings is 1. The van der Waals surface area contributed by atoms with E-state index in [1.54, 1.807) is 16.7 Å². The van der Waals surface area contributed by atoms with Gasteiger partial charge in [0.05, 0.1) is 15.7 Å². The van der Waals surface area contributed by atoms with Gasteiger partial charge >= 0.3 is 0 Å². The summed E-state index contributed by atoms with van der Waals surface area (Å²) in [5, 5.41) is 0. The molecule has 0 spiro atoms. The Morgan fingerprint density at radius 2 is 1.40 bits per heavy atom. The number of carbonyl (C=O) groups excluding carboxylic acids is 1. The zero-order valence-electron chi connectivity index (χ0n) is 16.5. The van der Waals surface area contributed by atoms with E-state index in [4.69, 9.17) is 0 Å². The Hall–Kier alpha value is -0.790. The highest BCUT2D eigenvalue weighted by molar-refractivity contribution is 8.00. The third kappa shape index (κ3) is 4.26. The number of hydrogen-bond donors (Lipinski definition) is 0. The van der Waals surface area contributed by atoms with Crippen molar-refractivity contribution < 1.29 is 21.6 Å². The predicted octanol–water partition coefficient (Wildman–Crippen LogP) is 1.11. The lowest BCUT2D eigenvalue weighted by molar-refractivity contribution is -0.133. The smallest absolute Gasteiger partial charge is 0.244 e. The van der Waals surface area contributed by atoms with E-state index in [1.165, 1.54) is 44.6 Å². The number of carbonyl (C=O) groups is 1. The third-order valence-corrected chi connectivity index (χ3v) is 11.5. The zero-order valence-corrected chi connectivity index (χ0v) is 19.7. The lowest BCUT2D eigenvalue weighted by atomic mass is 10.3. The van der Waals surface area contributed by atoms with Crippen molar-refractivity contribution >= 4 is 49.5 Å². The van der Waals surface area contributed by atoms with E-state index in [9.17, 15) is 21.6 Å². The lowest BCUT2D eigenvalue weighted by Crippen LogP contribution is -2.51. The molecular weight excluding hydrogens is 466 g/mol. The summed E-state index contributed by atoms with van der Waals surface area (Å²) in [6.07, 6.45) is 1.67. The first kappa shape index (κ1) is 22.4. The summed E-state index contributed by atoms with van der Waals surface area (Å²) in [6.45, 7) is 2.27. The topological polar surface area (TPSA) is 95.1 Å². The first-order chi connectivity index (χ1) is 14.3. The molecular formula is C18H25N3O5S4. The SMILES string of the molecule is O=C(C1CSCN1S(=O)(=O)c1ccc(S(=O)(=O)N2CCCC2)cc1)N1CCSCC1. The standard InChI is InChI=1S/C18H25N3O5S4/c22-18(19-9-11-27-12-10-19)17-13-28-14-21(17)30(25,26)16-5-3-15(4-6-16)29(23,24)20-7-1-2-8-20/h3-6,17H,1-2,7-14H2. The maximum Gasteiger partial charge on any atom is 0.244 e. The Balaban J connectivity index is 1.54. The van der Waals surface area contributed by atoms with Crippen LogP contribution in [-0.2, 0) is 24.8 Å². The maximum atomic E-state index is 13.2. The van der Waals surface area contributed by atoms with Crippen molar-refractivity contribution in [1.29, 1.82) is 0 Å². The van der Waals surface area contributed by atoms with E-state index in [2.05, 4.69) is 0 Å². The van der Waals surface area contributed by atoms with Crippen LogP contribution in [0.25, 0.3) is 0 Å². The summed E-state index contributed by atoms with van der Waals surface area (Å²) in [7, 11) is -7.50. The molecule has 3 aliphatic heterocycles. The summed E-state index contributed by atoms with van der Waals surface area (Å²) in [4.78, 5) is 14.8. The maximum absolute atomic E-state index is 13.2. The summed E-state index contributed by atoms with van der Waals surface area (Å²) in [5.74, 6) is 2.24. The Labute approximate surface area is 186 Å². The Morgan fingerprint density at radius 1 is 0.833 bits per heavy atom. The molecule has 1 amide bonds. The molecule has 3 heterocycles. The van der Waals surface area contributed by atoms with Crippen molar-refractivity contribution in [3.05, 3.63) is 24.3 Å². The molecule has 1 aromatic rings. The van der Waals surface area contributed by atoms with E-state index in [1.807, 2.05) is 0 Å². The van der Waals surface area contributed by atoms with Gasteiger partial charge in [-0.05, 0) is 37.1 Å². The second kappa shape index (κ2) is 8.99. The van der Waals surface area contributed by atoms with E-state index in [0.717, 1.165) is 24.3 Å². The molecule has 30 heavy (non-hydrogen) atoms. The minimum Gasteiger partial charge on any atom is -0.340 e. The summed E-state index contributed by atoms with van der Waals surface area (Å²) < 4.78 is 54.5. The van der Waals surface area contributed by atoms with Crippen LogP contribution in [0.3, 0.4) is 0 Å². The Bertz CT molecular complexity index is 985. The zero-order chi connectivity index (χ0) is 21.4. The number of rotatable bonds is 5. The van der Waals surface area contributed by atoms with Gasteiger partial charge < -0.3 is 4.90 Å². The number of amides is 1. The highest BCUT2D eigenvalue weighted by Gasteiger charge is 2.42. The number of nitrogens with zero attached hydrogens (tertiary/aromatic N) is 3. The van der Waals surface area contributed by atoms with Crippen LogP contribution in [0.15, 0.2) is 34.1 Å². The molecule has 0 radical (unpaired) electrons. The number of hydrogen-bond acceptors (Lipinski definition) is 7. The molecule has 3 saturated heterocycles. The van der Waals surface area contributed by atoms with Gasteiger partial charge in [0.15, 0.2) is 0 Å². The van der Waals surface area contributed by atoms with Crippen molar-refractivity contribution in [2.24, 2.45) is 0 Å². The molecule has 3 aliphatic rings. The summed E-state index contributed by atoms with van der Waals surface area (Å²) in [6, 6.07) is 4.65. The molecule has 0 bridgehead atoms. The average Bonchev–Trinajstić information content (AvgIpc) is 3.46. The largest absolute Gasteiger partial charge is 0.340 e. The lowest BCUT2D eigenvalue weighted by Gasteiger charge is -2.31. The van der Waals surface area contributed by atoms with Crippen LogP contribution in [0.1, 0.15) is 12.8 Å². The normalized spacial score (nSPS) is 24.4. The Kier molecular flexibility index (Phi) is 6.71. The molecule has 1 unspecified atom stereocenters. The second-order valence-electron chi connectivity index (χ2n) is 7.43. The molecule has 0 N–H and O–H groups in total. The fourth-order valence-electron chi connectivity index (χ4n) is 3.85. The Morgan fingerprint density at radius 3 is 2.00 bits per heavy atom. The van der Waals surface area contributed by atoms with Crippen LogP contribution in [0, 0.1) is 0 Å². The minimum absolute atomic E-state index is 0.0115. The molecule has 1 atom stereocenters. The van der Waals surface area contributed by atoms with Gasteiger partial charge in [-0.1, -0.05) is 0 Å². The van der Waals surface area contributed by atoms with Crippen LogP contribution >= 0.6 is 23.5 Å². The van der Waals surface area contributed by atoms with Gasteiger partial charge in [-0.15, -0.1) is 11.8 Å². The van der Waals surface area contributed by atoms with E-state index < -0.39 is 26.1 Å². The third-order valence-electron chi connectivity index (χ3n) is 5.58. The number of sulfonamides is 2. The second-order valence-corrected chi connectivity index (χ2v) is 13.5. The molecule has 0 aromatic heterocycles. The first-order valence-corrected chi connectivity index (χ1v) is 15.1. The molecule has 166 valence electrons.